The maximum Gasteiger partial charge on any atom is 0.251 e. The lowest BCUT2D eigenvalue weighted by Crippen LogP contribution is -2.24. The van der Waals surface area contributed by atoms with Crippen molar-refractivity contribution < 1.29 is 14.3 Å². The molecule has 2 amide bonds. The van der Waals surface area contributed by atoms with Gasteiger partial charge in [-0.1, -0.05) is 25.1 Å². The lowest BCUT2D eigenvalue weighted by molar-refractivity contribution is -0.123. The fourth-order valence-electron chi connectivity index (χ4n) is 3.85. The molecular weight excluding hydrogens is 392 g/mol. The zero-order valence-corrected chi connectivity index (χ0v) is 18.2. The third kappa shape index (κ3) is 3.91. The van der Waals surface area contributed by atoms with Crippen LogP contribution in [0.25, 0.3) is 11.1 Å². The predicted molar refractivity (Wildman–Crippen MR) is 120 cm³/mol. The Morgan fingerprint density at radius 3 is 2.71 bits per heavy atom. The molecule has 2 N–H and O–H groups in total. The van der Waals surface area contributed by atoms with E-state index in [2.05, 4.69) is 15.7 Å². The topological polar surface area (TPSA) is 85.2 Å². The lowest BCUT2D eigenvalue weighted by Gasteiger charge is -2.11. The number of aryl methyl sites for hydroxylation is 3. The summed E-state index contributed by atoms with van der Waals surface area (Å²) in [6.07, 6.45) is 0.706. The van der Waals surface area contributed by atoms with E-state index in [1.165, 1.54) is 0 Å². The molecule has 7 heteroatoms. The van der Waals surface area contributed by atoms with Gasteiger partial charge in [-0.05, 0) is 61.2 Å². The summed E-state index contributed by atoms with van der Waals surface area (Å²) in [5, 5.41) is 10.5. The first-order valence-electron chi connectivity index (χ1n) is 10.3. The number of ether oxygens (including phenoxy) is 1. The average molecular weight is 418 g/mol. The monoisotopic (exact) mass is 418 g/mol. The van der Waals surface area contributed by atoms with Crippen molar-refractivity contribution in [2.75, 3.05) is 17.7 Å². The van der Waals surface area contributed by atoms with E-state index in [0.717, 1.165) is 39.4 Å². The van der Waals surface area contributed by atoms with Gasteiger partial charge >= 0.3 is 0 Å². The molecule has 1 atom stereocenters. The summed E-state index contributed by atoms with van der Waals surface area (Å²) in [4.78, 5) is 25.4. The summed E-state index contributed by atoms with van der Waals surface area (Å²) in [6, 6.07) is 12.7. The molecule has 31 heavy (non-hydrogen) atoms. The first-order chi connectivity index (χ1) is 14.9. The Bertz CT molecular complexity index is 1170. The second kappa shape index (κ2) is 8.26. The average Bonchev–Trinajstić information content (AvgIpc) is 3.26. The molecule has 2 aromatic carbocycles. The molecule has 1 unspecified atom stereocenters. The van der Waals surface area contributed by atoms with E-state index in [1.54, 1.807) is 11.8 Å². The number of fused-ring (bicyclic) bond motifs is 1. The highest BCUT2D eigenvalue weighted by Crippen LogP contribution is 2.39. The molecule has 2 heterocycles. The molecule has 0 fully saturated rings. The van der Waals surface area contributed by atoms with Crippen molar-refractivity contribution in [3.8, 4) is 16.9 Å². The smallest absolute Gasteiger partial charge is 0.251 e. The van der Waals surface area contributed by atoms with Gasteiger partial charge in [-0.3, -0.25) is 9.59 Å². The van der Waals surface area contributed by atoms with Crippen molar-refractivity contribution in [3.05, 3.63) is 59.3 Å². The highest BCUT2D eigenvalue weighted by molar-refractivity contribution is 6.04. The van der Waals surface area contributed by atoms with Crippen LogP contribution in [0.15, 0.2) is 42.5 Å². The molecule has 160 valence electrons. The standard InChI is InChI=1S/C24H26N4O3/c1-5-19-22(16-7-6-8-18(12-16)31-4)23-26-24(30)20(28(23)27-19)13-21(29)25-17-10-9-14(2)15(3)11-17/h6-12,20H,5,13H2,1-4H3,(H,25,29)(H,26,30). The van der Waals surface area contributed by atoms with E-state index in [0.29, 0.717) is 12.2 Å². The number of hydrogen-bond donors (Lipinski definition) is 2. The molecule has 4 rings (SSSR count). The first-order valence-corrected chi connectivity index (χ1v) is 10.3. The fraction of sp³-hybridized carbons (Fsp3) is 0.292. The van der Waals surface area contributed by atoms with Gasteiger partial charge in [0.05, 0.1) is 19.2 Å². The van der Waals surface area contributed by atoms with Crippen LogP contribution in [0.1, 0.15) is 36.2 Å². The Kier molecular flexibility index (Phi) is 5.50. The van der Waals surface area contributed by atoms with E-state index in [1.807, 2.05) is 63.2 Å². The maximum absolute atomic E-state index is 12.7. The molecule has 3 aromatic rings. The number of aromatic nitrogens is 2. The quantitative estimate of drug-likeness (QED) is 0.626. The minimum atomic E-state index is -0.689. The number of nitrogens with one attached hydrogen (secondary N) is 2. The molecule has 0 aliphatic carbocycles. The van der Waals surface area contributed by atoms with Gasteiger partial charge in [0.1, 0.15) is 17.6 Å². The number of methoxy groups -OCH3 is 1. The van der Waals surface area contributed by atoms with Crippen LogP contribution in [0.4, 0.5) is 11.5 Å². The first kappa shape index (κ1) is 20.7. The van der Waals surface area contributed by atoms with Gasteiger partial charge in [0.25, 0.3) is 5.91 Å². The molecule has 0 saturated carbocycles. The van der Waals surface area contributed by atoms with E-state index >= 15 is 0 Å². The highest BCUT2D eigenvalue weighted by Gasteiger charge is 2.36. The van der Waals surface area contributed by atoms with Crippen LogP contribution < -0.4 is 15.4 Å². The van der Waals surface area contributed by atoms with Crippen molar-refractivity contribution in [2.45, 2.75) is 39.7 Å². The van der Waals surface area contributed by atoms with Crippen molar-refractivity contribution in [2.24, 2.45) is 0 Å². The van der Waals surface area contributed by atoms with Crippen molar-refractivity contribution in [3.63, 3.8) is 0 Å². The second-order valence-electron chi connectivity index (χ2n) is 7.76. The Hall–Kier alpha value is -3.61. The molecule has 0 spiro atoms. The fourth-order valence-corrected chi connectivity index (χ4v) is 3.85. The van der Waals surface area contributed by atoms with Crippen LogP contribution in [0.5, 0.6) is 5.75 Å². The van der Waals surface area contributed by atoms with Crippen LogP contribution in [0.3, 0.4) is 0 Å². The third-order valence-electron chi connectivity index (χ3n) is 5.69. The van der Waals surface area contributed by atoms with Gasteiger partial charge in [0.15, 0.2) is 0 Å². The number of amides is 2. The zero-order chi connectivity index (χ0) is 22.1. The number of carbonyl (C=O) groups excluding carboxylic acids is 2. The predicted octanol–water partition coefficient (Wildman–Crippen LogP) is 4.26. The van der Waals surface area contributed by atoms with E-state index in [-0.39, 0.29) is 18.2 Å². The van der Waals surface area contributed by atoms with Gasteiger partial charge in [-0.2, -0.15) is 5.10 Å². The van der Waals surface area contributed by atoms with Gasteiger partial charge in [0, 0.05) is 11.3 Å². The minimum absolute atomic E-state index is 0.00808. The molecule has 0 radical (unpaired) electrons. The summed E-state index contributed by atoms with van der Waals surface area (Å²) in [5.41, 5.74) is 5.62. The number of nitrogens with zero attached hydrogens (tertiary/aromatic N) is 2. The van der Waals surface area contributed by atoms with Crippen LogP contribution >= 0.6 is 0 Å². The second-order valence-corrected chi connectivity index (χ2v) is 7.76. The third-order valence-corrected chi connectivity index (χ3v) is 5.69. The lowest BCUT2D eigenvalue weighted by atomic mass is 10.0. The molecule has 7 nitrogen and oxygen atoms in total. The van der Waals surface area contributed by atoms with Crippen LogP contribution in [0.2, 0.25) is 0 Å². The van der Waals surface area contributed by atoms with E-state index in [4.69, 9.17) is 4.74 Å². The Balaban J connectivity index is 1.61. The minimum Gasteiger partial charge on any atom is -0.497 e. The Morgan fingerprint density at radius 2 is 2.00 bits per heavy atom. The largest absolute Gasteiger partial charge is 0.497 e. The van der Waals surface area contributed by atoms with Crippen LogP contribution in [-0.2, 0) is 16.0 Å². The Morgan fingerprint density at radius 1 is 1.19 bits per heavy atom. The van der Waals surface area contributed by atoms with E-state index < -0.39 is 6.04 Å². The van der Waals surface area contributed by atoms with E-state index in [9.17, 15) is 9.59 Å². The van der Waals surface area contributed by atoms with Gasteiger partial charge < -0.3 is 15.4 Å². The molecule has 0 bridgehead atoms. The highest BCUT2D eigenvalue weighted by atomic mass is 16.5. The summed E-state index contributed by atoms with van der Waals surface area (Å²) < 4.78 is 6.99. The molecule has 1 aliphatic heterocycles. The number of hydrogen-bond acceptors (Lipinski definition) is 4. The number of rotatable bonds is 6. The molecule has 0 saturated heterocycles. The molecule has 1 aliphatic rings. The summed E-state index contributed by atoms with van der Waals surface area (Å²) in [7, 11) is 1.62. The summed E-state index contributed by atoms with van der Waals surface area (Å²) in [6.45, 7) is 6.04. The van der Waals surface area contributed by atoms with Crippen LogP contribution in [-0.4, -0.2) is 28.7 Å². The van der Waals surface area contributed by atoms with Crippen molar-refractivity contribution in [1.29, 1.82) is 0 Å². The van der Waals surface area contributed by atoms with Crippen LogP contribution in [0, 0.1) is 13.8 Å². The van der Waals surface area contributed by atoms with Gasteiger partial charge in [-0.25, -0.2) is 4.68 Å². The number of carbonyl (C=O) groups is 2. The van der Waals surface area contributed by atoms with Crippen molar-refractivity contribution >= 4 is 23.3 Å². The zero-order valence-electron chi connectivity index (χ0n) is 18.2. The summed E-state index contributed by atoms with van der Waals surface area (Å²) in [5.74, 6) is 0.893. The summed E-state index contributed by atoms with van der Waals surface area (Å²) >= 11 is 0. The molecular formula is C24H26N4O3. The SMILES string of the molecule is CCc1nn2c(c1-c1cccc(OC)c1)NC(=O)C2CC(=O)Nc1ccc(C)c(C)c1. The molecule has 1 aromatic heterocycles. The maximum atomic E-state index is 12.7. The van der Waals surface area contributed by atoms with Crippen molar-refractivity contribution in [1.82, 2.24) is 9.78 Å². The van der Waals surface area contributed by atoms with Gasteiger partial charge in [0.2, 0.25) is 5.91 Å². The normalized spacial score (nSPS) is 14.8. The Labute approximate surface area is 181 Å². The number of anilines is 2. The number of benzene rings is 2. The van der Waals surface area contributed by atoms with Gasteiger partial charge in [-0.15, -0.1) is 0 Å².